The third kappa shape index (κ3) is 15.6. The van der Waals surface area contributed by atoms with Gasteiger partial charge in [0, 0.05) is 10.8 Å². The van der Waals surface area contributed by atoms with Gasteiger partial charge in [-0.1, -0.05) is 332 Å². The Labute approximate surface area is 478 Å². The number of hydrogen-bond acceptors (Lipinski definition) is 0. The summed E-state index contributed by atoms with van der Waals surface area (Å²) >= 11 is 0. The fourth-order valence-electron chi connectivity index (χ4n) is 13.8. The maximum atomic E-state index is 2.58. The number of aryl methyl sites for hydroxylation is 2. The smallest absolute Gasteiger partial charge is 0.0215 e. The Balaban J connectivity index is 0.000000226. The molecule has 78 heavy (non-hydrogen) atoms. The van der Waals surface area contributed by atoms with Crippen LogP contribution in [0.2, 0.25) is 0 Å². The van der Waals surface area contributed by atoms with Crippen LogP contribution in [-0.4, -0.2) is 0 Å². The summed E-state index contributed by atoms with van der Waals surface area (Å²) in [6, 6.07) is 51.0. The first-order valence-corrected chi connectivity index (χ1v) is 32.2. The van der Waals surface area contributed by atoms with E-state index in [1.807, 2.05) is 0 Å². The number of allylic oxidation sites excluding steroid dienone is 2. The fraction of sp³-hybridized carbons (Fsp3) is 0.487. The van der Waals surface area contributed by atoms with Crippen LogP contribution < -0.4 is 0 Å². The minimum Gasteiger partial charge on any atom is -0.0792 e. The second kappa shape index (κ2) is 31.6. The maximum absolute atomic E-state index is 2.58. The first kappa shape index (κ1) is 60.4. The normalized spacial score (nSPS) is 13.9. The summed E-state index contributed by atoms with van der Waals surface area (Å²) in [4.78, 5) is 0. The monoisotopic (exact) mass is 1040 g/mol. The summed E-state index contributed by atoms with van der Waals surface area (Å²) in [5.41, 5.74) is 23.4. The van der Waals surface area contributed by atoms with E-state index in [1.165, 1.54) is 247 Å². The summed E-state index contributed by atoms with van der Waals surface area (Å²) in [5, 5.41) is 0. The summed E-state index contributed by atoms with van der Waals surface area (Å²) in [5.74, 6) is 0. The van der Waals surface area contributed by atoms with Crippen LogP contribution in [0, 0.1) is 13.8 Å². The SMILES string of the molecule is CC=C(c1ccccc1)c1ccc2c(c1)C(CCCCCCCC)(CCCCCCCC)c1cc(C)ccc1-2.CCCCCCCCC1(CCCCCCCC)c2cc(C)ccc2-c2ccc(C=C(C)c3ccccc3)cc21. The molecular weight excluding hydrogens is 937 g/mol. The van der Waals surface area contributed by atoms with Crippen molar-refractivity contribution < 1.29 is 0 Å². The van der Waals surface area contributed by atoms with Crippen LogP contribution in [0.3, 0.4) is 0 Å². The predicted molar refractivity (Wildman–Crippen MR) is 346 cm³/mol. The van der Waals surface area contributed by atoms with E-state index in [2.05, 4.69) is 201 Å². The zero-order valence-electron chi connectivity index (χ0n) is 50.7. The first-order valence-electron chi connectivity index (χ1n) is 32.2. The molecule has 0 atom stereocenters. The largest absolute Gasteiger partial charge is 0.0792 e. The summed E-state index contributed by atoms with van der Waals surface area (Å²) in [6.07, 6.45) is 42.4. The van der Waals surface area contributed by atoms with Crippen molar-refractivity contribution in [3.63, 3.8) is 0 Å². The van der Waals surface area contributed by atoms with E-state index < -0.39 is 0 Å². The van der Waals surface area contributed by atoms with Gasteiger partial charge in [0.1, 0.15) is 0 Å². The average molecular weight is 1040 g/mol. The summed E-state index contributed by atoms with van der Waals surface area (Å²) in [7, 11) is 0. The zero-order valence-corrected chi connectivity index (χ0v) is 50.7. The molecule has 0 nitrogen and oxygen atoms in total. The minimum atomic E-state index is 0.137. The molecule has 0 aromatic heterocycles. The Bertz CT molecular complexity index is 2740. The van der Waals surface area contributed by atoms with Crippen molar-refractivity contribution in [3.8, 4) is 22.3 Å². The highest BCUT2D eigenvalue weighted by Crippen LogP contribution is 2.56. The van der Waals surface area contributed by atoms with Gasteiger partial charge in [0.15, 0.2) is 0 Å². The Hall–Kier alpha value is -5.20. The van der Waals surface area contributed by atoms with E-state index in [9.17, 15) is 0 Å². The second-order valence-corrected chi connectivity index (χ2v) is 24.2. The Morgan fingerprint density at radius 3 is 1.10 bits per heavy atom. The van der Waals surface area contributed by atoms with Crippen molar-refractivity contribution in [2.75, 3.05) is 0 Å². The van der Waals surface area contributed by atoms with E-state index >= 15 is 0 Å². The molecule has 0 amide bonds. The van der Waals surface area contributed by atoms with Crippen LogP contribution in [0.5, 0.6) is 0 Å². The molecule has 2 aliphatic carbocycles. The zero-order chi connectivity index (χ0) is 55.0. The minimum absolute atomic E-state index is 0.137. The molecule has 6 aromatic carbocycles. The van der Waals surface area contributed by atoms with Crippen LogP contribution >= 0.6 is 0 Å². The van der Waals surface area contributed by atoms with Crippen molar-refractivity contribution in [3.05, 3.63) is 195 Å². The number of fused-ring (bicyclic) bond motifs is 6. The van der Waals surface area contributed by atoms with E-state index in [1.54, 1.807) is 22.3 Å². The van der Waals surface area contributed by atoms with Crippen molar-refractivity contribution >= 4 is 17.2 Å². The molecule has 0 fully saturated rings. The molecule has 0 saturated heterocycles. The van der Waals surface area contributed by atoms with E-state index in [-0.39, 0.29) is 10.8 Å². The van der Waals surface area contributed by atoms with Gasteiger partial charge in [-0.25, -0.2) is 0 Å². The molecule has 0 heterocycles. The average Bonchev–Trinajstić information content (AvgIpc) is 4.12. The number of hydrogen-bond donors (Lipinski definition) is 0. The highest BCUT2D eigenvalue weighted by molar-refractivity contribution is 5.88. The van der Waals surface area contributed by atoms with Gasteiger partial charge in [-0.3, -0.25) is 0 Å². The Morgan fingerprint density at radius 2 is 0.692 bits per heavy atom. The lowest BCUT2D eigenvalue weighted by molar-refractivity contribution is 0.397. The third-order valence-electron chi connectivity index (χ3n) is 18.2. The van der Waals surface area contributed by atoms with Gasteiger partial charge in [-0.05, 0) is 137 Å². The van der Waals surface area contributed by atoms with Gasteiger partial charge >= 0.3 is 0 Å². The molecule has 0 heteroatoms. The van der Waals surface area contributed by atoms with Gasteiger partial charge in [0.2, 0.25) is 0 Å². The molecule has 6 aromatic rings. The molecular formula is C78H104. The van der Waals surface area contributed by atoms with E-state index in [0.717, 1.165) is 0 Å². The molecule has 0 radical (unpaired) electrons. The van der Waals surface area contributed by atoms with Crippen LogP contribution in [-0.2, 0) is 10.8 Å². The Kier molecular flexibility index (Phi) is 24.5. The van der Waals surface area contributed by atoms with Crippen molar-refractivity contribution in [1.82, 2.24) is 0 Å². The molecule has 0 spiro atoms. The highest BCUT2D eigenvalue weighted by Gasteiger charge is 2.44. The molecule has 0 N–H and O–H groups in total. The molecule has 8 rings (SSSR count). The number of benzene rings is 6. The predicted octanol–water partition coefficient (Wildman–Crippen LogP) is 24.5. The fourth-order valence-corrected chi connectivity index (χ4v) is 13.8. The topological polar surface area (TPSA) is 0 Å². The molecule has 416 valence electrons. The third-order valence-corrected chi connectivity index (χ3v) is 18.2. The Morgan fingerprint density at radius 1 is 0.346 bits per heavy atom. The summed E-state index contributed by atoms with van der Waals surface area (Å²) in [6.45, 7) is 18.3. The maximum Gasteiger partial charge on any atom is 0.0215 e. The van der Waals surface area contributed by atoms with E-state index in [0.29, 0.717) is 0 Å². The molecule has 0 saturated carbocycles. The van der Waals surface area contributed by atoms with Crippen molar-refractivity contribution in [1.29, 1.82) is 0 Å². The van der Waals surface area contributed by atoms with Gasteiger partial charge in [-0.15, -0.1) is 0 Å². The lowest BCUT2D eigenvalue weighted by atomic mass is 9.70. The van der Waals surface area contributed by atoms with Crippen LogP contribution in [0.15, 0.2) is 140 Å². The highest BCUT2D eigenvalue weighted by atomic mass is 14.5. The number of unbranched alkanes of at least 4 members (excludes halogenated alkanes) is 20. The standard InChI is InChI=1S/2C39H52/c1-5-7-9-11-13-18-26-39(27-19-14-12-10-8-6-2)37-28-31(3)22-24-35(37)36-25-23-33(30-38(36)39)29-32(4)34-20-16-15-17-21-34;1-5-8-10-12-14-19-27-39(28-20-15-13-11-9-6-2)37-29-31(4)23-25-35(37)36-26-24-33(30-38(36)39)34(7-3)32-21-17-16-18-22-32/h15-17,20-25,28-30H,5-14,18-19,26-27H2,1-4H3;7,16-18,21-26,29-30H,5-6,8-15,19-20,27-28H2,1-4H3. The molecule has 0 aliphatic heterocycles. The second-order valence-electron chi connectivity index (χ2n) is 24.2. The summed E-state index contributed by atoms with van der Waals surface area (Å²) < 4.78 is 0. The first-order chi connectivity index (χ1) is 38.2. The van der Waals surface area contributed by atoms with Crippen LogP contribution in [0.1, 0.15) is 277 Å². The van der Waals surface area contributed by atoms with Crippen LogP contribution in [0.25, 0.3) is 39.5 Å². The van der Waals surface area contributed by atoms with Crippen LogP contribution in [0.4, 0.5) is 0 Å². The van der Waals surface area contributed by atoms with Gasteiger partial charge < -0.3 is 0 Å². The molecule has 0 bridgehead atoms. The quantitative estimate of drug-likeness (QED) is 0.0292. The van der Waals surface area contributed by atoms with Crippen molar-refractivity contribution in [2.45, 2.75) is 246 Å². The van der Waals surface area contributed by atoms with Gasteiger partial charge in [-0.2, -0.15) is 0 Å². The van der Waals surface area contributed by atoms with Crippen molar-refractivity contribution in [2.24, 2.45) is 0 Å². The van der Waals surface area contributed by atoms with Gasteiger partial charge in [0.05, 0.1) is 0 Å². The molecule has 0 unspecified atom stereocenters. The van der Waals surface area contributed by atoms with Gasteiger partial charge in [0.25, 0.3) is 0 Å². The lowest BCUT2D eigenvalue weighted by Gasteiger charge is -2.33. The number of rotatable bonds is 32. The molecule has 2 aliphatic rings. The lowest BCUT2D eigenvalue weighted by Crippen LogP contribution is -2.26. The van der Waals surface area contributed by atoms with E-state index in [4.69, 9.17) is 0 Å².